The first-order valence-corrected chi connectivity index (χ1v) is 8.46. The maximum Gasteiger partial charge on any atom is -0.00435 e. The van der Waals surface area contributed by atoms with Crippen molar-refractivity contribution in [3.05, 3.63) is 0 Å². The Morgan fingerprint density at radius 3 is 2.00 bits per heavy atom. The minimum atomic E-state index is 0.692. The molecule has 0 saturated heterocycles. The summed E-state index contributed by atoms with van der Waals surface area (Å²) in [5.74, 6) is 4.09. The molecule has 0 radical (unpaired) electrons. The smallest absolute Gasteiger partial charge is 0.00435 e. The zero-order valence-electron chi connectivity index (χ0n) is 12.2. The Kier molecular flexibility index (Phi) is 3.71. The summed E-state index contributed by atoms with van der Waals surface area (Å²) in [6.07, 6.45) is 14.9. The van der Waals surface area contributed by atoms with Gasteiger partial charge in [0.05, 0.1) is 0 Å². The van der Waals surface area contributed by atoms with Crippen molar-refractivity contribution >= 4 is 0 Å². The maximum atomic E-state index is 6.18. The van der Waals surface area contributed by atoms with Crippen LogP contribution in [0.1, 0.15) is 71.1 Å². The molecule has 4 saturated carbocycles. The monoisotopic (exact) mass is 249 g/mol. The summed E-state index contributed by atoms with van der Waals surface area (Å²) in [7, 11) is 0. The van der Waals surface area contributed by atoms with Crippen molar-refractivity contribution in [3.63, 3.8) is 0 Å². The second-order valence-corrected chi connectivity index (χ2v) is 7.71. The topological polar surface area (TPSA) is 26.0 Å². The fraction of sp³-hybridized carbons (Fsp3) is 1.00. The molecule has 104 valence electrons. The number of nitrogens with two attached hydrogens (primary N) is 1. The van der Waals surface area contributed by atoms with Crippen LogP contribution < -0.4 is 5.73 Å². The number of unbranched alkanes of at least 4 members (excludes halogenated alkanes) is 2. The molecule has 0 aromatic carbocycles. The summed E-state index contributed by atoms with van der Waals surface area (Å²) in [5.41, 5.74) is 6.87. The second kappa shape index (κ2) is 5.15. The molecule has 0 aromatic rings. The van der Waals surface area contributed by atoms with Crippen LogP contribution >= 0.6 is 0 Å². The Morgan fingerprint density at radius 1 is 1.00 bits per heavy atom. The van der Waals surface area contributed by atoms with Crippen molar-refractivity contribution in [2.75, 3.05) is 6.54 Å². The van der Waals surface area contributed by atoms with Gasteiger partial charge in [-0.15, -0.1) is 0 Å². The largest absolute Gasteiger partial charge is 0.330 e. The second-order valence-electron chi connectivity index (χ2n) is 7.71. The van der Waals surface area contributed by atoms with Gasteiger partial charge in [-0.05, 0) is 80.6 Å². The molecule has 1 atom stereocenters. The van der Waals surface area contributed by atoms with E-state index in [-0.39, 0.29) is 0 Å². The molecule has 0 aromatic heterocycles. The van der Waals surface area contributed by atoms with Crippen molar-refractivity contribution in [1.29, 1.82) is 0 Å². The zero-order chi connectivity index (χ0) is 12.6. The molecule has 4 bridgehead atoms. The molecule has 1 nitrogen and oxygen atoms in total. The van der Waals surface area contributed by atoms with Crippen molar-refractivity contribution in [2.45, 2.75) is 71.1 Å². The van der Waals surface area contributed by atoms with Crippen LogP contribution in [0.3, 0.4) is 0 Å². The van der Waals surface area contributed by atoms with Crippen LogP contribution in [-0.2, 0) is 0 Å². The Balaban J connectivity index is 1.68. The first-order chi connectivity index (χ1) is 8.75. The highest BCUT2D eigenvalue weighted by molar-refractivity contribution is 5.04. The molecule has 4 aliphatic rings. The fourth-order valence-electron chi connectivity index (χ4n) is 5.99. The number of hydrogen-bond acceptors (Lipinski definition) is 1. The van der Waals surface area contributed by atoms with E-state index in [4.69, 9.17) is 5.73 Å². The average molecular weight is 249 g/mol. The Bertz CT molecular complexity index is 248. The molecule has 4 aliphatic carbocycles. The van der Waals surface area contributed by atoms with Crippen molar-refractivity contribution < 1.29 is 0 Å². The lowest BCUT2D eigenvalue weighted by Crippen LogP contribution is -2.51. The molecule has 4 fully saturated rings. The molecule has 2 N–H and O–H groups in total. The lowest BCUT2D eigenvalue weighted by atomic mass is 9.46. The van der Waals surface area contributed by atoms with Crippen LogP contribution in [0.15, 0.2) is 0 Å². The molecular weight excluding hydrogens is 218 g/mol. The van der Waals surface area contributed by atoms with Crippen LogP contribution in [0.4, 0.5) is 0 Å². The van der Waals surface area contributed by atoms with Gasteiger partial charge in [-0.3, -0.25) is 0 Å². The average Bonchev–Trinajstić information content (AvgIpc) is 2.32. The highest BCUT2D eigenvalue weighted by Gasteiger charge is 2.53. The summed E-state index contributed by atoms with van der Waals surface area (Å²) in [4.78, 5) is 0. The van der Waals surface area contributed by atoms with E-state index in [1.807, 2.05) is 0 Å². The molecule has 0 heterocycles. The third-order valence-corrected chi connectivity index (χ3v) is 6.39. The van der Waals surface area contributed by atoms with E-state index >= 15 is 0 Å². The van der Waals surface area contributed by atoms with Crippen molar-refractivity contribution in [2.24, 2.45) is 34.8 Å². The standard InChI is InChI=1S/C17H31N/c1-2-3-4-5-16(12-18)17-9-13-6-14(10-17)8-15(7-13)11-17/h13-16H,2-12,18H2,1H3. The third kappa shape index (κ3) is 2.24. The molecule has 18 heavy (non-hydrogen) atoms. The molecule has 0 aliphatic heterocycles. The summed E-state index contributed by atoms with van der Waals surface area (Å²) in [6.45, 7) is 3.26. The van der Waals surface area contributed by atoms with E-state index in [0.717, 1.165) is 30.2 Å². The van der Waals surface area contributed by atoms with E-state index < -0.39 is 0 Å². The van der Waals surface area contributed by atoms with Gasteiger partial charge >= 0.3 is 0 Å². The number of hydrogen-bond donors (Lipinski definition) is 1. The SMILES string of the molecule is CCCCCC(CN)C12CC3CC(CC(C3)C1)C2. The van der Waals surface area contributed by atoms with Crippen molar-refractivity contribution in [3.8, 4) is 0 Å². The Morgan fingerprint density at radius 2 is 1.56 bits per heavy atom. The predicted molar refractivity (Wildman–Crippen MR) is 77.3 cm³/mol. The zero-order valence-corrected chi connectivity index (χ0v) is 12.2. The van der Waals surface area contributed by atoms with E-state index in [1.54, 1.807) is 19.3 Å². The summed E-state index contributed by atoms with van der Waals surface area (Å²) in [5, 5.41) is 0. The van der Waals surface area contributed by atoms with E-state index in [1.165, 1.54) is 44.9 Å². The molecule has 4 rings (SSSR count). The Labute approximate surface area is 113 Å². The van der Waals surface area contributed by atoms with E-state index in [0.29, 0.717) is 5.41 Å². The van der Waals surface area contributed by atoms with Gasteiger partial charge < -0.3 is 5.73 Å². The summed E-state index contributed by atoms with van der Waals surface area (Å²) in [6, 6.07) is 0. The van der Waals surface area contributed by atoms with Gasteiger partial charge in [-0.1, -0.05) is 26.2 Å². The fourth-order valence-corrected chi connectivity index (χ4v) is 5.99. The minimum absolute atomic E-state index is 0.692. The molecule has 0 spiro atoms. The summed E-state index contributed by atoms with van der Waals surface area (Å²) < 4.78 is 0. The summed E-state index contributed by atoms with van der Waals surface area (Å²) >= 11 is 0. The van der Waals surface area contributed by atoms with Gasteiger partial charge in [0, 0.05) is 0 Å². The minimum Gasteiger partial charge on any atom is -0.330 e. The van der Waals surface area contributed by atoms with E-state index in [2.05, 4.69) is 6.92 Å². The van der Waals surface area contributed by atoms with Crippen molar-refractivity contribution in [1.82, 2.24) is 0 Å². The lowest BCUT2D eigenvalue weighted by molar-refractivity contribution is -0.0872. The number of rotatable bonds is 6. The molecular formula is C17H31N. The third-order valence-electron chi connectivity index (χ3n) is 6.39. The van der Waals surface area contributed by atoms with Crippen LogP contribution in [0, 0.1) is 29.1 Å². The van der Waals surface area contributed by atoms with Crippen LogP contribution in [0.5, 0.6) is 0 Å². The van der Waals surface area contributed by atoms with E-state index in [9.17, 15) is 0 Å². The lowest BCUT2D eigenvalue weighted by Gasteiger charge is -2.59. The normalized spacial score (nSPS) is 43.3. The quantitative estimate of drug-likeness (QED) is 0.696. The van der Waals surface area contributed by atoms with Crippen LogP contribution in [0.25, 0.3) is 0 Å². The first kappa shape index (κ1) is 13.0. The van der Waals surface area contributed by atoms with Gasteiger partial charge in [-0.2, -0.15) is 0 Å². The first-order valence-electron chi connectivity index (χ1n) is 8.46. The molecule has 1 heteroatoms. The van der Waals surface area contributed by atoms with Gasteiger partial charge in [0.25, 0.3) is 0 Å². The predicted octanol–water partition coefficient (Wildman–Crippen LogP) is 4.36. The molecule has 1 unspecified atom stereocenters. The van der Waals surface area contributed by atoms with Gasteiger partial charge in [-0.25, -0.2) is 0 Å². The molecule has 0 amide bonds. The van der Waals surface area contributed by atoms with Gasteiger partial charge in [0.15, 0.2) is 0 Å². The van der Waals surface area contributed by atoms with Crippen LogP contribution in [0.2, 0.25) is 0 Å². The Hall–Kier alpha value is -0.0400. The maximum absolute atomic E-state index is 6.18. The van der Waals surface area contributed by atoms with Gasteiger partial charge in [0.2, 0.25) is 0 Å². The van der Waals surface area contributed by atoms with Crippen LogP contribution in [-0.4, -0.2) is 6.54 Å². The highest BCUT2D eigenvalue weighted by atomic mass is 14.6. The highest BCUT2D eigenvalue weighted by Crippen LogP contribution is 2.63. The van der Waals surface area contributed by atoms with Gasteiger partial charge in [0.1, 0.15) is 0 Å².